The summed E-state index contributed by atoms with van der Waals surface area (Å²) in [4.78, 5) is 41.7. The highest BCUT2D eigenvalue weighted by molar-refractivity contribution is 7.61. The van der Waals surface area contributed by atoms with Crippen LogP contribution in [0, 0.1) is 0 Å². The number of ether oxygens (including phenoxy) is 2. The standard InChI is InChI=1S/C16H25N5O16P2/c17-16-19-12-6(13(28)20-16)18-3-21(12)14-10(26)8(24)5(34-14)2-33-38(29,30)37-39(31,32)36-15-11(27)9(25)7(23)4(1-22)35-15/h3-5,7-11,14-15,22-27H,1-2H2,(H,29,30)(H,31,32)(H3,17,19,20,28)/t4-,5-,7-,8-,9+,10-,11+,14-,15-/m1/s1. The molecule has 0 amide bonds. The van der Waals surface area contributed by atoms with Gasteiger partial charge in [0.1, 0.15) is 42.7 Å². The van der Waals surface area contributed by atoms with E-state index in [1.165, 1.54) is 0 Å². The van der Waals surface area contributed by atoms with Crippen LogP contribution in [0.25, 0.3) is 11.2 Å². The maximum absolute atomic E-state index is 12.3. The van der Waals surface area contributed by atoms with Crippen molar-refractivity contribution in [3.05, 3.63) is 16.7 Å². The lowest BCUT2D eigenvalue weighted by atomic mass is 10.00. The van der Waals surface area contributed by atoms with E-state index in [-0.39, 0.29) is 17.1 Å². The number of hydrogen-bond donors (Lipinski definition) is 10. The van der Waals surface area contributed by atoms with Crippen molar-refractivity contribution < 1.29 is 72.4 Å². The summed E-state index contributed by atoms with van der Waals surface area (Å²) in [6.07, 6.45) is -15.0. The van der Waals surface area contributed by atoms with Crippen molar-refractivity contribution in [3.8, 4) is 0 Å². The largest absolute Gasteiger partial charge is 0.483 e. The van der Waals surface area contributed by atoms with E-state index in [4.69, 9.17) is 20.3 Å². The molecule has 0 radical (unpaired) electrons. The predicted molar refractivity (Wildman–Crippen MR) is 120 cm³/mol. The Labute approximate surface area is 216 Å². The molecule has 0 aromatic carbocycles. The zero-order valence-corrected chi connectivity index (χ0v) is 21.1. The number of nitrogens with two attached hydrogens (primary N) is 1. The zero-order chi connectivity index (χ0) is 28.9. The Morgan fingerprint density at radius 1 is 1.00 bits per heavy atom. The quantitative estimate of drug-likeness (QED) is 0.120. The molecule has 2 aromatic heterocycles. The van der Waals surface area contributed by atoms with Gasteiger partial charge in [0, 0.05) is 0 Å². The molecule has 21 nitrogen and oxygen atoms in total. The van der Waals surface area contributed by atoms with Crippen LogP contribution in [0.3, 0.4) is 0 Å². The number of nitrogen functional groups attached to an aromatic ring is 1. The first-order valence-corrected chi connectivity index (χ1v) is 13.9. The maximum Gasteiger partial charge on any atom is 0.483 e. The highest BCUT2D eigenvalue weighted by atomic mass is 31.3. The van der Waals surface area contributed by atoms with Crippen molar-refractivity contribution in [1.29, 1.82) is 0 Å². The molecule has 11 N–H and O–H groups in total. The number of fused-ring (bicyclic) bond motifs is 1. The van der Waals surface area contributed by atoms with E-state index in [2.05, 4.69) is 28.3 Å². The lowest BCUT2D eigenvalue weighted by molar-refractivity contribution is -0.280. The van der Waals surface area contributed by atoms with Crippen LogP contribution < -0.4 is 11.3 Å². The summed E-state index contributed by atoms with van der Waals surface area (Å²) in [5.41, 5.74) is 4.54. The Balaban J connectivity index is 1.39. The minimum Gasteiger partial charge on any atom is -0.394 e. The maximum atomic E-state index is 12.3. The van der Waals surface area contributed by atoms with Crippen molar-refractivity contribution in [2.45, 2.75) is 55.2 Å². The van der Waals surface area contributed by atoms with Gasteiger partial charge in [0.2, 0.25) is 5.95 Å². The fourth-order valence-corrected chi connectivity index (χ4v) is 6.01. The molecule has 2 aliphatic heterocycles. The molecule has 11 atom stereocenters. The van der Waals surface area contributed by atoms with Gasteiger partial charge in [-0.3, -0.25) is 23.4 Å². The zero-order valence-electron chi connectivity index (χ0n) is 19.3. The monoisotopic (exact) mass is 605 g/mol. The normalized spacial score (nSPS) is 36.6. The number of nitrogens with one attached hydrogen (secondary N) is 1. The molecule has 0 bridgehead atoms. The van der Waals surface area contributed by atoms with Gasteiger partial charge in [-0.2, -0.15) is 9.29 Å². The van der Waals surface area contributed by atoms with Gasteiger partial charge in [-0.25, -0.2) is 14.1 Å². The van der Waals surface area contributed by atoms with E-state index in [1.807, 2.05) is 0 Å². The molecular formula is C16H25N5O16P2. The van der Waals surface area contributed by atoms with Crippen molar-refractivity contribution in [3.63, 3.8) is 0 Å². The molecule has 2 saturated heterocycles. The first kappa shape index (κ1) is 30.1. The van der Waals surface area contributed by atoms with E-state index in [0.717, 1.165) is 10.9 Å². The van der Waals surface area contributed by atoms with E-state index in [0.29, 0.717) is 0 Å². The highest BCUT2D eigenvalue weighted by Gasteiger charge is 2.49. The highest BCUT2D eigenvalue weighted by Crippen LogP contribution is 2.61. The number of imidazole rings is 1. The molecule has 4 rings (SSSR count). The summed E-state index contributed by atoms with van der Waals surface area (Å²) in [7, 11) is -11.1. The van der Waals surface area contributed by atoms with Gasteiger partial charge in [-0.05, 0) is 0 Å². The van der Waals surface area contributed by atoms with Crippen LogP contribution in [0.1, 0.15) is 6.23 Å². The van der Waals surface area contributed by atoms with Crippen LogP contribution in [0.4, 0.5) is 5.95 Å². The molecule has 2 aliphatic rings. The van der Waals surface area contributed by atoms with Crippen LogP contribution in [0.2, 0.25) is 0 Å². The fourth-order valence-electron chi connectivity index (χ4n) is 3.85. The summed E-state index contributed by atoms with van der Waals surface area (Å²) in [5, 5.41) is 59.2. The second kappa shape index (κ2) is 11.2. The molecule has 39 heavy (non-hydrogen) atoms. The molecule has 220 valence electrons. The number of nitrogens with zero attached hydrogens (tertiary/aromatic N) is 3. The van der Waals surface area contributed by atoms with Gasteiger partial charge in [-0.1, -0.05) is 0 Å². The smallest absolute Gasteiger partial charge is 0.394 e. The summed E-state index contributed by atoms with van der Waals surface area (Å²) in [6, 6.07) is 0. The molecule has 4 heterocycles. The summed E-state index contributed by atoms with van der Waals surface area (Å²) < 4.78 is 49.1. The number of aromatic nitrogens is 4. The average Bonchev–Trinajstić information content (AvgIpc) is 3.38. The summed E-state index contributed by atoms with van der Waals surface area (Å²) >= 11 is 0. The van der Waals surface area contributed by atoms with Crippen LogP contribution in [0.5, 0.6) is 0 Å². The topological polar surface area (TPSA) is 332 Å². The molecule has 0 aliphatic carbocycles. The number of phosphoric acid groups is 2. The summed E-state index contributed by atoms with van der Waals surface area (Å²) in [5.74, 6) is -0.278. The van der Waals surface area contributed by atoms with Crippen LogP contribution in [-0.4, -0.2) is 122 Å². The number of H-pyrrole nitrogens is 1. The average molecular weight is 605 g/mol. The molecule has 2 aromatic rings. The Bertz CT molecular complexity index is 1340. The van der Waals surface area contributed by atoms with Crippen molar-refractivity contribution in [1.82, 2.24) is 19.5 Å². The SMILES string of the molecule is Nc1nc2c(ncn2[C@@H]2O[C@H](COP(=O)(O)OP(=O)(O)O[C@H]3O[C@H](CO)[C@@H](O)[C@H](O)[C@@H]3O)[C@@H](O)[C@H]2O)c(=O)[nH]1. The van der Waals surface area contributed by atoms with E-state index < -0.39 is 89.7 Å². The molecule has 23 heteroatoms. The fraction of sp³-hybridized carbons (Fsp3) is 0.688. The third-order valence-corrected chi connectivity index (χ3v) is 8.36. The first-order valence-electron chi connectivity index (χ1n) is 10.9. The molecule has 2 unspecified atom stereocenters. The Kier molecular flexibility index (Phi) is 8.60. The van der Waals surface area contributed by atoms with Crippen LogP contribution >= 0.6 is 15.6 Å². The second-order valence-electron chi connectivity index (χ2n) is 8.44. The molecular weight excluding hydrogens is 580 g/mol. The number of phosphoric ester groups is 2. The Morgan fingerprint density at radius 3 is 2.33 bits per heavy atom. The van der Waals surface area contributed by atoms with E-state index in [9.17, 15) is 49.2 Å². The van der Waals surface area contributed by atoms with Crippen LogP contribution in [0.15, 0.2) is 11.1 Å². The first-order chi connectivity index (χ1) is 18.1. The number of anilines is 1. The third kappa shape index (κ3) is 6.22. The predicted octanol–water partition coefficient (Wildman–Crippen LogP) is -4.63. The van der Waals surface area contributed by atoms with E-state index in [1.54, 1.807) is 0 Å². The molecule has 0 spiro atoms. The van der Waals surface area contributed by atoms with Gasteiger partial charge in [0.15, 0.2) is 23.7 Å². The minimum absolute atomic E-state index is 0.114. The number of aliphatic hydroxyl groups excluding tert-OH is 6. The lowest BCUT2D eigenvalue weighted by Crippen LogP contribution is -2.58. The van der Waals surface area contributed by atoms with Crippen LogP contribution in [-0.2, 0) is 32.0 Å². The van der Waals surface area contributed by atoms with Gasteiger partial charge >= 0.3 is 15.6 Å². The number of rotatable bonds is 9. The van der Waals surface area contributed by atoms with Crippen molar-refractivity contribution >= 4 is 32.8 Å². The minimum atomic E-state index is -5.60. The third-order valence-electron chi connectivity index (χ3n) is 5.76. The van der Waals surface area contributed by atoms with Crippen molar-refractivity contribution in [2.75, 3.05) is 18.9 Å². The van der Waals surface area contributed by atoms with Crippen molar-refractivity contribution in [2.24, 2.45) is 0 Å². The van der Waals surface area contributed by atoms with Gasteiger partial charge in [0.05, 0.1) is 19.5 Å². The number of aromatic amines is 1. The number of aliphatic hydroxyl groups is 6. The Hall–Kier alpha value is -1.91. The molecule has 2 fully saturated rings. The second-order valence-corrected chi connectivity index (χ2v) is 11.4. The van der Waals surface area contributed by atoms with E-state index >= 15 is 0 Å². The van der Waals surface area contributed by atoms with Gasteiger partial charge in [-0.15, -0.1) is 0 Å². The Morgan fingerprint density at radius 2 is 1.67 bits per heavy atom. The van der Waals surface area contributed by atoms with Gasteiger partial charge in [0.25, 0.3) is 5.56 Å². The summed E-state index contributed by atoms with van der Waals surface area (Å²) in [6.45, 7) is -1.89. The number of hydrogen-bond acceptors (Lipinski definition) is 17. The lowest BCUT2D eigenvalue weighted by Gasteiger charge is -2.39. The van der Waals surface area contributed by atoms with Gasteiger partial charge < -0.3 is 55.6 Å². The molecule has 0 saturated carbocycles.